The summed E-state index contributed by atoms with van der Waals surface area (Å²) < 4.78 is 6.29. The van der Waals surface area contributed by atoms with Gasteiger partial charge < -0.3 is 24.5 Å². The molecular formula is C20H16N7NaO7S2. The number of rotatable bonds is 8. The number of carboxylic acid groups (broad SMARTS) is 1. The molecule has 5 rings (SSSR count). The van der Waals surface area contributed by atoms with Gasteiger partial charge in [0.05, 0.1) is 17.9 Å². The molecule has 0 bridgehead atoms. The van der Waals surface area contributed by atoms with E-state index in [1.807, 2.05) is 0 Å². The largest absolute Gasteiger partial charge is 1.00 e. The minimum absolute atomic E-state index is 0. The van der Waals surface area contributed by atoms with Crippen LogP contribution >= 0.6 is 23.5 Å². The van der Waals surface area contributed by atoms with E-state index in [9.17, 15) is 24.3 Å². The first kappa shape index (κ1) is 27.0. The number of aromatic amines is 1. The van der Waals surface area contributed by atoms with E-state index in [4.69, 9.17) is 9.25 Å². The fourth-order valence-electron chi connectivity index (χ4n) is 3.72. The topological polar surface area (TPSA) is 187 Å². The fourth-order valence-corrected chi connectivity index (χ4v) is 6.06. The van der Waals surface area contributed by atoms with Gasteiger partial charge in [-0.05, 0) is 29.8 Å². The number of aromatic nitrogens is 4. The molecular weight excluding hydrogens is 537 g/mol. The molecule has 0 saturated carbocycles. The maximum Gasteiger partial charge on any atom is 1.00 e. The van der Waals surface area contributed by atoms with Gasteiger partial charge in [0.1, 0.15) is 23.6 Å². The Bertz CT molecular complexity index is 1480. The molecule has 2 atom stereocenters. The molecule has 5 heterocycles. The van der Waals surface area contributed by atoms with Crippen molar-refractivity contribution in [3.63, 3.8) is 0 Å². The normalized spacial score (nSPS) is 19.2. The minimum Gasteiger partial charge on any atom is -0.543 e. The Labute approximate surface area is 238 Å². The molecule has 0 aromatic carbocycles. The molecule has 0 radical (unpaired) electrons. The number of oxime groups is 1. The number of thioether (sulfide) groups is 2. The molecule has 14 nitrogen and oxygen atoms in total. The van der Waals surface area contributed by atoms with Crippen LogP contribution in [0.15, 0.2) is 61.2 Å². The second-order valence-electron chi connectivity index (χ2n) is 7.46. The van der Waals surface area contributed by atoms with E-state index in [1.54, 1.807) is 18.2 Å². The third kappa shape index (κ3) is 5.06. The number of amides is 2. The second-order valence-corrected chi connectivity index (χ2v) is 9.56. The van der Waals surface area contributed by atoms with Gasteiger partial charge in [-0.2, -0.15) is 14.7 Å². The first-order chi connectivity index (χ1) is 17.4. The van der Waals surface area contributed by atoms with Crippen LogP contribution in [0.25, 0.3) is 5.65 Å². The number of hydrogen-bond donors (Lipinski definition) is 2. The van der Waals surface area contributed by atoms with Gasteiger partial charge in [-0.3, -0.25) is 14.5 Å². The summed E-state index contributed by atoms with van der Waals surface area (Å²) >= 11 is 2.50. The number of H-pyrrole nitrogens is 1. The number of carboxylic acids is 1. The van der Waals surface area contributed by atoms with Gasteiger partial charge in [0.25, 0.3) is 11.8 Å². The van der Waals surface area contributed by atoms with Gasteiger partial charge in [-0.1, -0.05) is 5.16 Å². The summed E-state index contributed by atoms with van der Waals surface area (Å²) in [5, 5.41) is 28.3. The average Bonchev–Trinajstić information content (AvgIpc) is 3.53. The standard InChI is InChI=1S/C20H17N7O7S2.Na/c1-33-25-13(10-3-2-6-34-10)16(28)21-14-17(29)26-15(19(30)31)9(8-36-18(14)26)7-35-12-5-4-11-22-23-20(32)27(11)24-12;/h2-6,14,18H,7-8H2,1H3,(H,21,28)(H,23,32)(H,30,31);/q;+1/p-1/b25-13-;/t14?,18-;/m1./s1. The van der Waals surface area contributed by atoms with Crippen molar-refractivity contribution in [1.29, 1.82) is 0 Å². The zero-order valence-corrected chi connectivity index (χ0v) is 23.0. The van der Waals surface area contributed by atoms with Crippen molar-refractivity contribution >= 4 is 52.7 Å². The van der Waals surface area contributed by atoms with Crippen LogP contribution in [0.2, 0.25) is 0 Å². The average molecular weight is 554 g/mol. The van der Waals surface area contributed by atoms with Crippen LogP contribution in [-0.4, -0.2) is 78.2 Å². The Balaban J connectivity index is 0.00000320. The van der Waals surface area contributed by atoms with Gasteiger partial charge in [0.15, 0.2) is 11.4 Å². The monoisotopic (exact) mass is 553 g/mol. The van der Waals surface area contributed by atoms with E-state index in [1.165, 1.54) is 43.0 Å². The van der Waals surface area contributed by atoms with Gasteiger partial charge >= 0.3 is 35.2 Å². The van der Waals surface area contributed by atoms with E-state index in [-0.39, 0.29) is 58.2 Å². The third-order valence-electron chi connectivity index (χ3n) is 5.32. The van der Waals surface area contributed by atoms with Crippen molar-refractivity contribution in [2.75, 3.05) is 18.6 Å². The molecule has 37 heavy (non-hydrogen) atoms. The maximum atomic E-state index is 12.9. The van der Waals surface area contributed by atoms with Crippen LogP contribution < -0.4 is 45.7 Å². The SMILES string of the molecule is CO/N=C(\C(=O)NC1C(=O)N2C(C(=O)[O-])=C(CSc3ccc4n[nH]c(=O)n4n3)CS[C@H]12)c1ccco1.[Na+]. The molecule has 0 aliphatic carbocycles. The van der Waals surface area contributed by atoms with Crippen molar-refractivity contribution in [3.8, 4) is 0 Å². The summed E-state index contributed by atoms with van der Waals surface area (Å²) in [5.41, 5.74) is -0.0927. The number of β-lactam (4-membered cyclic amide) rings is 1. The van der Waals surface area contributed by atoms with E-state index >= 15 is 0 Å². The Hall–Kier alpha value is -3.05. The molecule has 2 N–H and O–H groups in total. The summed E-state index contributed by atoms with van der Waals surface area (Å²) in [4.78, 5) is 55.2. The molecule has 1 saturated heterocycles. The minimum atomic E-state index is -1.50. The summed E-state index contributed by atoms with van der Waals surface area (Å²) in [6.07, 6.45) is 1.36. The van der Waals surface area contributed by atoms with Crippen LogP contribution in [0.5, 0.6) is 0 Å². The molecule has 3 aromatic heterocycles. The first-order valence-corrected chi connectivity index (χ1v) is 12.3. The maximum absolute atomic E-state index is 12.9. The number of nitrogens with one attached hydrogen (secondary N) is 2. The van der Waals surface area contributed by atoms with E-state index < -0.39 is 34.9 Å². The van der Waals surface area contributed by atoms with Crippen molar-refractivity contribution in [1.82, 2.24) is 30.0 Å². The quantitative estimate of drug-likeness (QED) is 0.0901. The van der Waals surface area contributed by atoms with Gasteiger partial charge in [0, 0.05) is 11.5 Å². The van der Waals surface area contributed by atoms with Crippen molar-refractivity contribution in [2.24, 2.45) is 5.16 Å². The number of hydrogen-bond acceptors (Lipinski definition) is 12. The van der Waals surface area contributed by atoms with Crippen LogP contribution in [0.3, 0.4) is 0 Å². The number of carbonyl (C=O) groups excluding carboxylic acids is 3. The number of furan rings is 1. The Morgan fingerprint density at radius 3 is 2.89 bits per heavy atom. The summed E-state index contributed by atoms with van der Waals surface area (Å²) in [5.74, 6) is -2.18. The zero-order valence-electron chi connectivity index (χ0n) is 19.4. The molecule has 186 valence electrons. The van der Waals surface area contributed by atoms with Gasteiger partial charge in [-0.15, -0.1) is 23.5 Å². The van der Waals surface area contributed by atoms with E-state index in [0.29, 0.717) is 16.2 Å². The summed E-state index contributed by atoms with van der Waals surface area (Å²) in [6, 6.07) is 5.36. The Morgan fingerprint density at radius 1 is 1.38 bits per heavy atom. The summed E-state index contributed by atoms with van der Waals surface area (Å²) in [6.45, 7) is 0. The number of carbonyl (C=O) groups is 3. The van der Waals surface area contributed by atoms with Gasteiger partial charge in [-0.25, -0.2) is 9.89 Å². The van der Waals surface area contributed by atoms with Crippen molar-refractivity contribution in [3.05, 3.63) is 58.0 Å². The predicted molar refractivity (Wildman–Crippen MR) is 124 cm³/mol. The molecule has 2 aliphatic rings. The second kappa shape index (κ2) is 11.1. The number of aliphatic carboxylic acids is 1. The molecule has 17 heteroatoms. The van der Waals surface area contributed by atoms with E-state index in [2.05, 4.69) is 25.8 Å². The van der Waals surface area contributed by atoms with Crippen molar-refractivity contribution in [2.45, 2.75) is 16.4 Å². The van der Waals surface area contributed by atoms with Crippen LogP contribution in [0, 0.1) is 0 Å². The molecule has 0 spiro atoms. The van der Waals surface area contributed by atoms with Crippen LogP contribution in [0.4, 0.5) is 0 Å². The third-order valence-corrected chi connectivity index (χ3v) is 7.67. The smallest absolute Gasteiger partial charge is 0.543 e. The fraction of sp³-hybridized carbons (Fsp3) is 0.250. The molecule has 3 aromatic rings. The van der Waals surface area contributed by atoms with Gasteiger partial charge in [0.2, 0.25) is 5.71 Å². The Kier molecular flexibility index (Phi) is 8.13. The van der Waals surface area contributed by atoms with Crippen molar-refractivity contribution < 1.29 is 58.3 Å². The zero-order chi connectivity index (χ0) is 25.4. The molecule has 2 amide bonds. The van der Waals surface area contributed by atoms with Crippen LogP contribution in [0.1, 0.15) is 5.76 Å². The van der Waals surface area contributed by atoms with Crippen LogP contribution in [-0.2, 0) is 19.2 Å². The first-order valence-electron chi connectivity index (χ1n) is 10.3. The van der Waals surface area contributed by atoms with E-state index in [0.717, 1.165) is 9.42 Å². The predicted octanol–water partition coefficient (Wildman–Crippen LogP) is -4.44. The summed E-state index contributed by atoms with van der Waals surface area (Å²) in [7, 11) is 1.26. The Morgan fingerprint density at radius 2 is 2.19 bits per heavy atom. The number of fused-ring (bicyclic) bond motifs is 2. The molecule has 1 fully saturated rings. The molecule has 2 aliphatic heterocycles. The number of nitrogens with zero attached hydrogens (tertiary/aromatic N) is 5. The molecule has 1 unspecified atom stereocenters.